The van der Waals surface area contributed by atoms with Crippen LogP contribution in [0.2, 0.25) is 0 Å². The second kappa shape index (κ2) is 12.2. The summed E-state index contributed by atoms with van der Waals surface area (Å²) in [6.07, 6.45) is 9.06. The SMILES string of the molecule is CC1(C)CCC(C)(C)c2c(N(c3ccc4c(c3)C(C)(C)c3ccccc3-4)c3cccc4c3Oc3ccc(-c5ccccc5)cc3C43C4CC5CC(C4)CC3C5)cccc21. The highest BCUT2D eigenvalue weighted by Gasteiger charge is 2.61. The normalized spacial score (nSPS) is 26.6. The summed E-state index contributed by atoms with van der Waals surface area (Å²) < 4.78 is 7.53. The number of fused-ring (bicyclic) bond motifs is 6. The second-order valence-electron chi connectivity index (χ2n) is 21.2. The molecule has 0 unspecified atom stereocenters. The van der Waals surface area contributed by atoms with E-state index in [-0.39, 0.29) is 21.7 Å². The van der Waals surface area contributed by atoms with Crippen LogP contribution in [0.4, 0.5) is 17.1 Å². The molecule has 7 aliphatic rings. The molecule has 0 radical (unpaired) electrons. The summed E-state index contributed by atoms with van der Waals surface area (Å²) in [4.78, 5) is 2.63. The first kappa shape index (κ1) is 35.8. The van der Waals surface area contributed by atoms with Crippen molar-refractivity contribution in [1.82, 2.24) is 0 Å². The van der Waals surface area contributed by atoms with E-state index in [9.17, 15) is 0 Å². The molecule has 0 saturated heterocycles. The van der Waals surface area contributed by atoms with Gasteiger partial charge in [-0.3, -0.25) is 0 Å². The molecule has 1 spiro atoms. The minimum absolute atomic E-state index is 0.00468. The molecule has 0 N–H and O–H groups in total. The summed E-state index contributed by atoms with van der Waals surface area (Å²) in [7, 11) is 0. The van der Waals surface area contributed by atoms with E-state index in [2.05, 4.69) is 174 Å². The number of para-hydroxylation sites is 1. The molecule has 0 amide bonds. The van der Waals surface area contributed by atoms with Crippen LogP contribution in [-0.2, 0) is 21.7 Å². The monoisotopic (exact) mass is 771 g/mol. The molecule has 4 bridgehead atoms. The highest BCUT2D eigenvalue weighted by atomic mass is 16.5. The van der Waals surface area contributed by atoms with Gasteiger partial charge in [0, 0.05) is 27.6 Å². The number of hydrogen-bond acceptors (Lipinski definition) is 2. The quantitative estimate of drug-likeness (QED) is 0.177. The van der Waals surface area contributed by atoms with Crippen molar-refractivity contribution in [2.45, 2.75) is 108 Å². The lowest BCUT2D eigenvalue weighted by atomic mass is 9.41. The fourth-order valence-corrected chi connectivity index (χ4v) is 14.1. The highest BCUT2D eigenvalue weighted by Crippen LogP contribution is 2.70. The molecule has 2 nitrogen and oxygen atoms in total. The van der Waals surface area contributed by atoms with Gasteiger partial charge in [-0.1, -0.05) is 133 Å². The van der Waals surface area contributed by atoms with E-state index in [0.717, 1.165) is 35.4 Å². The van der Waals surface area contributed by atoms with Crippen LogP contribution in [0.15, 0.2) is 127 Å². The van der Waals surface area contributed by atoms with Crippen LogP contribution in [0.5, 0.6) is 11.5 Å². The number of anilines is 3. The maximum Gasteiger partial charge on any atom is 0.155 e. The van der Waals surface area contributed by atoms with Crippen LogP contribution in [0.3, 0.4) is 0 Å². The number of ether oxygens (including phenoxy) is 1. The van der Waals surface area contributed by atoms with Crippen LogP contribution >= 0.6 is 0 Å². The van der Waals surface area contributed by atoms with Gasteiger partial charge in [0.2, 0.25) is 0 Å². The van der Waals surface area contributed by atoms with Gasteiger partial charge in [-0.15, -0.1) is 0 Å². The van der Waals surface area contributed by atoms with E-state index in [1.165, 1.54) is 106 Å². The van der Waals surface area contributed by atoms with Crippen molar-refractivity contribution in [3.63, 3.8) is 0 Å². The van der Waals surface area contributed by atoms with Gasteiger partial charge in [-0.25, -0.2) is 0 Å². The third kappa shape index (κ3) is 4.92. The standard InChI is InChI=1S/C57H57NO/c1-54(2)26-27-55(3,4)52-45(54)18-12-20-49(52)58(41-23-24-43-42-16-10-11-17-44(42)56(5,6)47(43)34-41)50-21-13-19-46-53(50)59-51-25-22-38(37-14-8-7-9-15-37)33-48(51)57(46)39-29-35-28-36(31-39)32-40(57)30-35/h7-25,33-36,39-40H,26-32H2,1-6H3. The lowest BCUT2D eigenvalue weighted by molar-refractivity contribution is -0.0451. The van der Waals surface area contributed by atoms with Gasteiger partial charge in [0.1, 0.15) is 5.75 Å². The summed E-state index contributed by atoms with van der Waals surface area (Å²) in [6, 6.07) is 48.9. The van der Waals surface area contributed by atoms with Gasteiger partial charge < -0.3 is 9.64 Å². The Morgan fingerprint density at radius 3 is 1.90 bits per heavy atom. The summed E-state index contributed by atoms with van der Waals surface area (Å²) in [5.41, 5.74) is 17.5. The van der Waals surface area contributed by atoms with E-state index in [1.54, 1.807) is 0 Å². The van der Waals surface area contributed by atoms with Crippen LogP contribution in [0, 0.1) is 23.7 Å². The Labute approximate surface area is 351 Å². The topological polar surface area (TPSA) is 12.5 Å². The van der Waals surface area contributed by atoms with Crippen molar-refractivity contribution in [2.24, 2.45) is 23.7 Å². The van der Waals surface area contributed by atoms with E-state index in [1.807, 2.05) is 0 Å². The minimum Gasteiger partial charge on any atom is -0.455 e. The predicted octanol–water partition coefficient (Wildman–Crippen LogP) is 15.3. The molecule has 1 aliphatic heterocycles. The number of hydrogen-bond donors (Lipinski definition) is 0. The number of benzene rings is 6. The first-order chi connectivity index (χ1) is 28.4. The van der Waals surface area contributed by atoms with Crippen LogP contribution < -0.4 is 9.64 Å². The van der Waals surface area contributed by atoms with Crippen molar-refractivity contribution in [3.05, 3.63) is 161 Å². The third-order valence-electron chi connectivity index (χ3n) is 16.7. The first-order valence-electron chi connectivity index (χ1n) is 22.6. The maximum absolute atomic E-state index is 7.53. The predicted molar refractivity (Wildman–Crippen MR) is 244 cm³/mol. The summed E-state index contributed by atoms with van der Waals surface area (Å²) in [5.74, 6) is 5.05. The van der Waals surface area contributed by atoms with Gasteiger partial charge >= 0.3 is 0 Å². The van der Waals surface area contributed by atoms with Gasteiger partial charge in [0.15, 0.2) is 5.75 Å². The van der Waals surface area contributed by atoms with Crippen molar-refractivity contribution < 1.29 is 4.74 Å². The van der Waals surface area contributed by atoms with Crippen molar-refractivity contribution in [3.8, 4) is 33.8 Å². The molecule has 296 valence electrons. The first-order valence-corrected chi connectivity index (χ1v) is 22.6. The molecule has 6 aromatic carbocycles. The molecule has 2 heteroatoms. The molecular weight excluding hydrogens is 715 g/mol. The van der Waals surface area contributed by atoms with Crippen molar-refractivity contribution in [1.29, 1.82) is 0 Å². The van der Waals surface area contributed by atoms with Crippen LogP contribution in [0.1, 0.15) is 120 Å². The maximum atomic E-state index is 7.53. The molecule has 6 aliphatic carbocycles. The molecule has 13 rings (SSSR count). The Bertz CT molecular complexity index is 2670. The smallest absolute Gasteiger partial charge is 0.155 e. The van der Waals surface area contributed by atoms with Gasteiger partial charge in [0.05, 0.1) is 11.4 Å². The Morgan fingerprint density at radius 2 is 1.14 bits per heavy atom. The molecular formula is C57H57NO. The molecule has 59 heavy (non-hydrogen) atoms. The zero-order valence-electron chi connectivity index (χ0n) is 35.7. The summed E-state index contributed by atoms with van der Waals surface area (Å²) >= 11 is 0. The van der Waals surface area contributed by atoms with E-state index >= 15 is 0 Å². The van der Waals surface area contributed by atoms with Gasteiger partial charge in [-0.05, 0) is 160 Å². The molecule has 1 heterocycles. The summed E-state index contributed by atoms with van der Waals surface area (Å²) in [6.45, 7) is 14.7. The molecule has 0 aromatic heterocycles. The Kier molecular flexibility index (Phi) is 7.44. The number of nitrogens with zero attached hydrogens (tertiary/aromatic N) is 1. The van der Waals surface area contributed by atoms with Crippen LogP contribution in [0.25, 0.3) is 22.3 Å². The molecule has 6 aromatic rings. The molecule has 0 atom stereocenters. The zero-order chi connectivity index (χ0) is 40.1. The Balaban J connectivity index is 1.13. The Morgan fingerprint density at radius 1 is 0.492 bits per heavy atom. The average molecular weight is 772 g/mol. The van der Waals surface area contributed by atoms with E-state index in [4.69, 9.17) is 4.74 Å². The third-order valence-corrected chi connectivity index (χ3v) is 16.7. The highest BCUT2D eigenvalue weighted by molar-refractivity contribution is 5.89. The van der Waals surface area contributed by atoms with Gasteiger partial charge in [-0.2, -0.15) is 0 Å². The fourth-order valence-electron chi connectivity index (χ4n) is 14.1. The van der Waals surface area contributed by atoms with Crippen molar-refractivity contribution >= 4 is 17.1 Å². The lowest BCUT2D eigenvalue weighted by Gasteiger charge is -2.63. The second-order valence-corrected chi connectivity index (χ2v) is 21.2. The van der Waals surface area contributed by atoms with E-state index < -0.39 is 0 Å². The minimum atomic E-state index is -0.114. The molecule has 4 fully saturated rings. The molecule has 4 saturated carbocycles. The lowest BCUT2D eigenvalue weighted by Crippen LogP contribution is -2.57. The van der Waals surface area contributed by atoms with Gasteiger partial charge in [0.25, 0.3) is 0 Å². The van der Waals surface area contributed by atoms with Crippen molar-refractivity contribution in [2.75, 3.05) is 4.90 Å². The average Bonchev–Trinajstić information content (AvgIpc) is 3.46. The Hall–Kier alpha value is -5.08. The number of rotatable bonds is 4. The largest absolute Gasteiger partial charge is 0.455 e. The fraction of sp³-hybridized carbons (Fsp3) is 0.368. The zero-order valence-corrected chi connectivity index (χ0v) is 35.7. The van der Waals surface area contributed by atoms with Crippen LogP contribution in [-0.4, -0.2) is 0 Å². The summed E-state index contributed by atoms with van der Waals surface area (Å²) in [5, 5.41) is 0. The van der Waals surface area contributed by atoms with E-state index in [0.29, 0.717) is 11.8 Å².